The Morgan fingerprint density at radius 1 is 1.09 bits per heavy atom. The lowest BCUT2D eigenvalue weighted by molar-refractivity contribution is -0.117. The molecule has 2 heterocycles. The highest BCUT2D eigenvalue weighted by Crippen LogP contribution is 2.30. The maximum Gasteiger partial charge on any atom is 0.356 e. The van der Waals surface area contributed by atoms with Gasteiger partial charge >= 0.3 is 5.97 Å². The van der Waals surface area contributed by atoms with Crippen LogP contribution in [0.2, 0.25) is 5.02 Å². The fourth-order valence-corrected chi connectivity index (χ4v) is 4.14. The number of amides is 1. The molecule has 33 heavy (non-hydrogen) atoms. The molecule has 4 rings (SSSR count). The summed E-state index contributed by atoms with van der Waals surface area (Å²) in [5.74, 6) is -0.728. The number of benzene rings is 2. The molecule has 8 heteroatoms. The normalized spacial score (nSPS) is 15.2. The molecule has 1 fully saturated rings. The fraction of sp³-hybridized carbons (Fsp3) is 0.280. The number of halogens is 1. The van der Waals surface area contributed by atoms with Crippen LogP contribution < -0.4 is 5.32 Å². The summed E-state index contributed by atoms with van der Waals surface area (Å²) in [6.45, 7) is 4.52. The monoisotopic (exact) mass is 466 g/mol. The number of hydrogen-bond acceptors (Lipinski definition) is 5. The summed E-state index contributed by atoms with van der Waals surface area (Å²) in [7, 11) is 1.31. The van der Waals surface area contributed by atoms with Crippen LogP contribution in [0, 0.1) is 0 Å². The zero-order chi connectivity index (χ0) is 23.2. The van der Waals surface area contributed by atoms with Crippen molar-refractivity contribution in [2.45, 2.75) is 0 Å². The Labute approximate surface area is 198 Å². The maximum absolute atomic E-state index is 12.8. The van der Waals surface area contributed by atoms with Crippen molar-refractivity contribution in [3.05, 3.63) is 70.9 Å². The number of aromatic nitrogens is 1. The minimum Gasteiger partial charge on any atom is -0.464 e. The number of carbonyl (C=O) groups excluding carboxylic acids is 2. The third-order valence-corrected chi connectivity index (χ3v) is 5.96. The minimum atomic E-state index is -0.546. The van der Waals surface area contributed by atoms with Crippen molar-refractivity contribution >= 4 is 46.1 Å². The molecule has 0 unspecified atom stereocenters. The number of ether oxygens (including phenoxy) is 1. The molecule has 0 aliphatic carbocycles. The van der Waals surface area contributed by atoms with Gasteiger partial charge in [0.1, 0.15) is 5.69 Å². The zero-order valence-electron chi connectivity index (χ0n) is 18.5. The molecule has 2 aromatic carbocycles. The lowest BCUT2D eigenvalue weighted by Crippen LogP contribution is -2.48. The number of rotatable bonds is 7. The van der Waals surface area contributed by atoms with Gasteiger partial charge in [0.25, 0.3) is 0 Å². The number of esters is 1. The van der Waals surface area contributed by atoms with Gasteiger partial charge in [-0.2, -0.15) is 0 Å². The van der Waals surface area contributed by atoms with Crippen LogP contribution in [0.15, 0.2) is 54.6 Å². The molecule has 7 nitrogen and oxygen atoms in total. The first-order valence-corrected chi connectivity index (χ1v) is 11.3. The number of aromatic amines is 1. The van der Waals surface area contributed by atoms with E-state index in [2.05, 4.69) is 44.4 Å². The summed E-state index contributed by atoms with van der Waals surface area (Å²) in [4.78, 5) is 32.5. The van der Waals surface area contributed by atoms with Gasteiger partial charge in [-0.3, -0.25) is 14.6 Å². The molecule has 0 bridgehead atoms. The van der Waals surface area contributed by atoms with Crippen molar-refractivity contribution in [1.82, 2.24) is 14.8 Å². The third-order valence-electron chi connectivity index (χ3n) is 5.72. The van der Waals surface area contributed by atoms with E-state index in [0.29, 0.717) is 21.6 Å². The lowest BCUT2D eigenvalue weighted by Gasteiger charge is -2.33. The van der Waals surface area contributed by atoms with E-state index in [0.717, 1.165) is 32.7 Å². The standard InChI is InChI=1S/C25H27ClN4O3/c1-33-25(32)24-23(20-16-19(26)9-10-21(20)27-24)28-22(31)17-30-14-12-29(13-15-30)11-5-8-18-6-3-2-4-7-18/h2-10,16,27H,11-15,17H2,1H3,(H,28,31). The Balaban J connectivity index is 1.33. The summed E-state index contributed by atoms with van der Waals surface area (Å²) in [5.41, 5.74) is 2.50. The number of methoxy groups -OCH3 is 1. The average Bonchev–Trinajstić information content (AvgIpc) is 3.17. The van der Waals surface area contributed by atoms with Crippen LogP contribution >= 0.6 is 11.6 Å². The number of fused-ring (bicyclic) bond motifs is 1. The summed E-state index contributed by atoms with van der Waals surface area (Å²) >= 11 is 6.13. The molecule has 0 atom stereocenters. The van der Waals surface area contributed by atoms with Gasteiger partial charge in [-0.25, -0.2) is 4.79 Å². The number of nitrogens with one attached hydrogen (secondary N) is 2. The third kappa shape index (κ3) is 5.82. The van der Waals surface area contributed by atoms with E-state index in [1.807, 2.05) is 18.2 Å². The topological polar surface area (TPSA) is 77.7 Å². The Morgan fingerprint density at radius 3 is 2.55 bits per heavy atom. The summed E-state index contributed by atoms with van der Waals surface area (Å²) in [5, 5.41) is 4.08. The van der Waals surface area contributed by atoms with Crippen LogP contribution in [0.5, 0.6) is 0 Å². The molecule has 1 aromatic heterocycles. The van der Waals surface area contributed by atoms with E-state index >= 15 is 0 Å². The predicted octanol–water partition coefficient (Wildman–Crippen LogP) is 3.88. The molecule has 1 amide bonds. The minimum absolute atomic E-state index is 0.182. The number of H-pyrrole nitrogens is 1. The Bertz CT molecular complexity index is 1150. The molecule has 1 aliphatic heterocycles. The molecule has 0 spiro atoms. The second-order valence-corrected chi connectivity index (χ2v) is 8.43. The summed E-state index contributed by atoms with van der Waals surface area (Å²) < 4.78 is 4.86. The first kappa shape index (κ1) is 23.0. The second kappa shape index (κ2) is 10.7. The van der Waals surface area contributed by atoms with E-state index in [1.165, 1.54) is 12.7 Å². The van der Waals surface area contributed by atoms with Crippen molar-refractivity contribution in [3.63, 3.8) is 0 Å². The van der Waals surface area contributed by atoms with E-state index in [9.17, 15) is 9.59 Å². The smallest absolute Gasteiger partial charge is 0.356 e. The molecule has 3 aromatic rings. The van der Waals surface area contributed by atoms with Gasteiger partial charge in [0, 0.05) is 48.6 Å². The summed E-state index contributed by atoms with van der Waals surface area (Å²) in [6.07, 6.45) is 4.31. The quantitative estimate of drug-likeness (QED) is 0.517. The van der Waals surface area contributed by atoms with Gasteiger partial charge in [0.2, 0.25) is 5.91 Å². The van der Waals surface area contributed by atoms with Crippen molar-refractivity contribution in [3.8, 4) is 0 Å². The number of nitrogens with zero attached hydrogens (tertiary/aromatic N) is 2. The highest BCUT2D eigenvalue weighted by molar-refractivity contribution is 6.31. The van der Waals surface area contributed by atoms with Crippen LogP contribution in [-0.4, -0.2) is 73.0 Å². The molecule has 1 aliphatic rings. The first-order valence-electron chi connectivity index (χ1n) is 10.9. The van der Waals surface area contributed by atoms with Crippen molar-refractivity contribution in [1.29, 1.82) is 0 Å². The number of hydrogen-bond donors (Lipinski definition) is 2. The molecular formula is C25H27ClN4O3. The average molecular weight is 467 g/mol. The van der Waals surface area contributed by atoms with E-state index in [4.69, 9.17) is 16.3 Å². The predicted molar refractivity (Wildman–Crippen MR) is 132 cm³/mol. The van der Waals surface area contributed by atoms with E-state index < -0.39 is 5.97 Å². The van der Waals surface area contributed by atoms with Gasteiger partial charge in [-0.05, 0) is 23.8 Å². The second-order valence-electron chi connectivity index (χ2n) is 7.99. The molecule has 2 N–H and O–H groups in total. The molecule has 172 valence electrons. The van der Waals surface area contributed by atoms with Crippen LogP contribution in [0.25, 0.3) is 17.0 Å². The Morgan fingerprint density at radius 2 is 1.82 bits per heavy atom. The van der Waals surface area contributed by atoms with Crippen LogP contribution in [0.3, 0.4) is 0 Å². The number of piperazine rings is 1. The van der Waals surface area contributed by atoms with Crippen LogP contribution in [0.4, 0.5) is 5.69 Å². The molecular weight excluding hydrogens is 440 g/mol. The van der Waals surface area contributed by atoms with Gasteiger partial charge in [-0.15, -0.1) is 0 Å². The molecule has 0 saturated carbocycles. The zero-order valence-corrected chi connectivity index (χ0v) is 19.3. The van der Waals surface area contributed by atoms with Crippen molar-refractivity contribution in [2.24, 2.45) is 0 Å². The van der Waals surface area contributed by atoms with Gasteiger partial charge in [0.05, 0.1) is 19.3 Å². The van der Waals surface area contributed by atoms with Crippen LogP contribution in [0.1, 0.15) is 16.1 Å². The maximum atomic E-state index is 12.8. The SMILES string of the molecule is COC(=O)c1[nH]c2ccc(Cl)cc2c1NC(=O)CN1CCN(CC=Cc2ccccc2)CC1. The van der Waals surface area contributed by atoms with Gasteiger partial charge < -0.3 is 15.0 Å². The van der Waals surface area contributed by atoms with E-state index in [-0.39, 0.29) is 18.1 Å². The molecule has 1 saturated heterocycles. The lowest BCUT2D eigenvalue weighted by atomic mass is 10.2. The Hall–Kier alpha value is -3.13. The van der Waals surface area contributed by atoms with Crippen molar-refractivity contribution in [2.75, 3.05) is 51.7 Å². The first-order chi connectivity index (χ1) is 16.0. The largest absolute Gasteiger partial charge is 0.464 e. The number of carbonyl (C=O) groups is 2. The fourth-order valence-electron chi connectivity index (χ4n) is 3.96. The highest BCUT2D eigenvalue weighted by Gasteiger charge is 2.23. The number of anilines is 1. The van der Waals surface area contributed by atoms with Gasteiger partial charge in [-0.1, -0.05) is 54.1 Å². The Kier molecular flexibility index (Phi) is 7.44. The highest BCUT2D eigenvalue weighted by atomic mass is 35.5. The summed E-state index contributed by atoms with van der Waals surface area (Å²) in [6, 6.07) is 15.5. The van der Waals surface area contributed by atoms with E-state index in [1.54, 1.807) is 18.2 Å². The van der Waals surface area contributed by atoms with Crippen molar-refractivity contribution < 1.29 is 14.3 Å². The van der Waals surface area contributed by atoms with Gasteiger partial charge in [0.15, 0.2) is 0 Å². The van der Waals surface area contributed by atoms with Crippen LogP contribution in [-0.2, 0) is 9.53 Å². The molecule has 0 radical (unpaired) electrons.